The number of aromatic nitrogens is 1. The molecule has 176 valence electrons. The van der Waals surface area contributed by atoms with Crippen molar-refractivity contribution in [1.82, 2.24) is 4.98 Å². The quantitative estimate of drug-likeness (QED) is 0.341. The number of anilines is 1. The third-order valence-electron chi connectivity index (χ3n) is 5.19. The maximum Gasteiger partial charge on any atom is 0.264 e. The molecule has 8 nitrogen and oxygen atoms in total. The fourth-order valence-corrected chi connectivity index (χ4v) is 4.39. The van der Waals surface area contributed by atoms with Crippen molar-refractivity contribution in [3.05, 3.63) is 84.8 Å². The maximum absolute atomic E-state index is 12.9. The molecule has 9 heteroatoms. The molecule has 0 saturated heterocycles. The predicted molar refractivity (Wildman–Crippen MR) is 128 cm³/mol. The van der Waals surface area contributed by atoms with Gasteiger partial charge in [0.2, 0.25) is 5.89 Å². The van der Waals surface area contributed by atoms with Crippen LogP contribution in [0.4, 0.5) is 5.69 Å². The third-order valence-corrected chi connectivity index (χ3v) is 6.99. The maximum atomic E-state index is 12.9. The molecule has 3 aromatic carbocycles. The summed E-state index contributed by atoms with van der Waals surface area (Å²) in [6, 6.07) is 20.4. The van der Waals surface area contributed by atoms with Crippen LogP contribution in [0.3, 0.4) is 0 Å². The van der Waals surface area contributed by atoms with E-state index >= 15 is 0 Å². The molecule has 4 aromatic rings. The second-order valence-corrected chi connectivity index (χ2v) is 9.27. The molecule has 0 bridgehead atoms. The van der Waals surface area contributed by atoms with Crippen molar-refractivity contribution in [2.24, 2.45) is 0 Å². The van der Waals surface area contributed by atoms with E-state index in [0.717, 1.165) is 11.3 Å². The second kappa shape index (κ2) is 9.88. The minimum atomic E-state index is -3.71. The van der Waals surface area contributed by atoms with Gasteiger partial charge in [-0.2, -0.15) is 0 Å². The van der Waals surface area contributed by atoms with Crippen molar-refractivity contribution in [2.75, 3.05) is 25.6 Å². The molecule has 0 saturated carbocycles. The van der Waals surface area contributed by atoms with Crippen LogP contribution in [0.5, 0.6) is 17.2 Å². The Bertz CT molecular complexity index is 1330. The summed E-state index contributed by atoms with van der Waals surface area (Å²) in [7, 11) is 0.940. The first-order chi connectivity index (χ1) is 16.4. The SMILES string of the molecule is COc1ccc(-c2nc(COc3ccc(N(C)S(=O)(=O)c4ccc(OC)cc4)cc3)co2)cc1. The first-order valence-electron chi connectivity index (χ1n) is 10.4. The van der Waals surface area contributed by atoms with Crippen molar-refractivity contribution in [2.45, 2.75) is 11.5 Å². The molecule has 1 aromatic heterocycles. The van der Waals surface area contributed by atoms with Gasteiger partial charge in [-0.1, -0.05) is 0 Å². The molecular formula is C25H24N2O6S. The topological polar surface area (TPSA) is 91.1 Å². The van der Waals surface area contributed by atoms with E-state index in [2.05, 4.69) is 4.98 Å². The lowest BCUT2D eigenvalue weighted by Gasteiger charge is -2.20. The fraction of sp³-hybridized carbons (Fsp3) is 0.160. The molecular weight excluding hydrogens is 456 g/mol. The minimum Gasteiger partial charge on any atom is -0.497 e. The van der Waals surface area contributed by atoms with Crippen molar-refractivity contribution in [3.63, 3.8) is 0 Å². The normalized spacial score (nSPS) is 11.1. The van der Waals surface area contributed by atoms with Gasteiger partial charge < -0.3 is 18.6 Å². The van der Waals surface area contributed by atoms with Crippen LogP contribution >= 0.6 is 0 Å². The number of sulfonamides is 1. The van der Waals surface area contributed by atoms with Crippen LogP contribution in [-0.2, 0) is 16.6 Å². The Labute approximate surface area is 198 Å². The minimum absolute atomic E-state index is 0.176. The van der Waals surface area contributed by atoms with Crippen molar-refractivity contribution >= 4 is 15.7 Å². The fourth-order valence-electron chi connectivity index (χ4n) is 3.19. The highest BCUT2D eigenvalue weighted by atomic mass is 32.2. The number of benzene rings is 3. The molecule has 0 radical (unpaired) electrons. The number of hydrogen-bond donors (Lipinski definition) is 0. The largest absolute Gasteiger partial charge is 0.497 e. The van der Waals surface area contributed by atoms with Gasteiger partial charge in [0.05, 0.1) is 24.8 Å². The molecule has 0 N–H and O–H groups in total. The summed E-state index contributed by atoms with van der Waals surface area (Å²) in [5.41, 5.74) is 1.97. The van der Waals surface area contributed by atoms with Gasteiger partial charge in [-0.15, -0.1) is 0 Å². The molecule has 0 aliphatic carbocycles. The van der Waals surface area contributed by atoms with Crippen molar-refractivity contribution in [3.8, 4) is 28.7 Å². The van der Waals surface area contributed by atoms with Gasteiger partial charge >= 0.3 is 0 Å². The molecule has 0 fully saturated rings. The standard InChI is InChI=1S/C25H24N2O6S/c1-27(34(28,29)24-14-12-22(31-3)13-15-24)20-6-10-23(11-7-20)32-16-19-17-33-25(26-19)18-4-8-21(30-2)9-5-18/h4-15,17H,16H2,1-3H3. The number of rotatable bonds is 9. The van der Waals surface area contributed by atoms with E-state index < -0.39 is 10.0 Å². The van der Waals surface area contributed by atoms with Crippen LogP contribution in [0, 0.1) is 0 Å². The van der Waals surface area contributed by atoms with E-state index in [1.165, 1.54) is 30.6 Å². The Morgan fingerprint density at radius 3 is 1.97 bits per heavy atom. The van der Waals surface area contributed by atoms with Crippen LogP contribution in [-0.4, -0.2) is 34.7 Å². The van der Waals surface area contributed by atoms with Crippen molar-refractivity contribution in [1.29, 1.82) is 0 Å². The van der Waals surface area contributed by atoms with Gasteiger partial charge in [0.1, 0.15) is 35.8 Å². The number of oxazole rings is 1. The Hall–Kier alpha value is -3.98. The Kier molecular flexibility index (Phi) is 6.74. The smallest absolute Gasteiger partial charge is 0.264 e. The van der Waals surface area contributed by atoms with Crippen molar-refractivity contribution < 1.29 is 27.0 Å². The van der Waals surface area contributed by atoms with E-state index in [1.54, 1.807) is 49.8 Å². The zero-order chi connectivity index (χ0) is 24.1. The van der Waals surface area contributed by atoms with Gasteiger partial charge in [-0.3, -0.25) is 4.31 Å². The Balaban J connectivity index is 1.39. The zero-order valence-electron chi connectivity index (χ0n) is 19.0. The van der Waals surface area contributed by atoms with E-state index in [9.17, 15) is 8.42 Å². The van der Waals surface area contributed by atoms with Gasteiger partial charge in [-0.05, 0) is 72.8 Å². The lowest BCUT2D eigenvalue weighted by molar-refractivity contribution is 0.301. The lowest BCUT2D eigenvalue weighted by Crippen LogP contribution is -2.26. The molecule has 0 spiro atoms. The lowest BCUT2D eigenvalue weighted by atomic mass is 10.2. The van der Waals surface area contributed by atoms with E-state index in [4.69, 9.17) is 18.6 Å². The molecule has 4 rings (SSSR count). The molecule has 0 aliphatic rings. The molecule has 0 atom stereocenters. The van der Waals surface area contributed by atoms with E-state index in [0.29, 0.717) is 28.8 Å². The molecule has 0 aliphatic heterocycles. The number of ether oxygens (including phenoxy) is 3. The van der Waals surface area contributed by atoms with Crippen LogP contribution in [0.1, 0.15) is 5.69 Å². The first-order valence-corrected chi connectivity index (χ1v) is 11.8. The summed E-state index contributed by atoms with van der Waals surface area (Å²) >= 11 is 0. The van der Waals surface area contributed by atoms with Crippen LogP contribution in [0.25, 0.3) is 11.5 Å². The van der Waals surface area contributed by atoms with Gasteiger partial charge in [-0.25, -0.2) is 13.4 Å². The molecule has 34 heavy (non-hydrogen) atoms. The highest BCUT2D eigenvalue weighted by molar-refractivity contribution is 7.92. The summed E-state index contributed by atoms with van der Waals surface area (Å²) in [5, 5.41) is 0. The first kappa shape index (κ1) is 23.2. The number of methoxy groups -OCH3 is 2. The van der Waals surface area contributed by atoms with Gasteiger partial charge in [0.15, 0.2) is 0 Å². The summed E-state index contributed by atoms with van der Waals surface area (Å²) in [6.45, 7) is 0.207. The highest BCUT2D eigenvalue weighted by Crippen LogP contribution is 2.26. The zero-order valence-corrected chi connectivity index (χ0v) is 19.8. The van der Waals surface area contributed by atoms with Gasteiger partial charge in [0, 0.05) is 12.6 Å². The van der Waals surface area contributed by atoms with E-state index in [-0.39, 0.29) is 11.5 Å². The predicted octanol–water partition coefficient (Wildman–Crippen LogP) is 4.76. The number of nitrogens with zero attached hydrogens (tertiary/aromatic N) is 2. The van der Waals surface area contributed by atoms with E-state index in [1.807, 2.05) is 24.3 Å². The average molecular weight is 481 g/mol. The molecule has 1 heterocycles. The summed E-state index contributed by atoms with van der Waals surface area (Å²) in [4.78, 5) is 4.62. The summed E-state index contributed by atoms with van der Waals surface area (Å²) < 4.78 is 48.6. The highest BCUT2D eigenvalue weighted by Gasteiger charge is 2.21. The Morgan fingerprint density at radius 2 is 1.38 bits per heavy atom. The van der Waals surface area contributed by atoms with Crippen LogP contribution in [0.2, 0.25) is 0 Å². The molecule has 0 unspecified atom stereocenters. The summed E-state index contributed by atoms with van der Waals surface area (Å²) in [6.07, 6.45) is 1.54. The third kappa shape index (κ3) is 4.99. The summed E-state index contributed by atoms with van der Waals surface area (Å²) in [5.74, 6) is 2.41. The monoisotopic (exact) mass is 480 g/mol. The molecule has 0 amide bonds. The number of hydrogen-bond acceptors (Lipinski definition) is 7. The van der Waals surface area contributed by atoms with Crippen LogP contribution < -0.4 is 18.5 Å². The average Bonchev–Trinajstić information content (AvgIpc) is 3.36. The second-order valence-electron chi connectivity index (χ2n) is 7.30. The van der Waals surface area contributed by atoms with Crippen LogP contribution in [0.15, 0.2) is 88.4 Å². The Morgan fingerprint density at radius 1 is 0.824 bits per heavy atom. The van der Waals surface area contributed by atoms with Gasteiger partial charge in [0.25, 0.3) is 10.0 Å².